The maximum Gasteiger partial charge on any atom is 0.256 e. The minimum atomic E-state index is -0.155. The number of halogens is 1. The molecule has 0 spiro atoms. The van der Waals surface area contributed by atoms with Crippen LogP contribution >= 0.6 is 23.4 Å². The predicted octanol–water partition coefficient (Wildman–Crippen LogP) is 6.29. The molecule has 0 aliphatic heterocycles. The van der Waals surface area contributed by atoms with Crippen molar-refractivity contribution >= 4 is 45.7 Å². The van der Waals surface area contributed by atoms with Crippen LogP contribution in [0.1, 0.15) is 10.4 Å². The lowest BCUT2D eigenvalue weighted by molar-refractivity contribution is 0.102. The van der Waals surface area contributed by atoms with Crippen LogP contribution in [0, 0.1) is 0 Å². The van der Waals surface area contributed by atoms with Crippen molar-refractivity contribution in [3.8, 4) is 0 Å². The number of amides is 1. The van der Waals surface area contributed by atoms with Gasteiger partial charge in [0.2, 0.25) is 0 Å². The van der Waals surface area contributed by atoms with E-state index in [9.17, 15) is 4.79 Å². The molecular weight excluding hydrogens is 376 g/mol. The number of nitrogens with one attached hydrogen (secondary N) is 1. The molecule has 0 atom stereocenters. The van der Waals surface area contributed by atoms with Gasteiger partial charge in [-0.3, -0.25) is 4.79 Å². The number of hydrogen-bond acceptors (Lipinski definition) is 3. The first-order valence-corrected chi connectivity index (χ1v) is 9.58. The van der Waals surface area contributed by atoms with Crippen LogP contribution in [0.25, 0.3) is 10.8 Å². The van der Waals surface area contributed by atoms with E-state index in [2.05, 4.69) is 10.3 Å². The van der Waals surface area contributed by atoms with Gasteiger partial charge in [-0.25, -0.2) is 4.98 Å². The highest BCUT2D eigenvalue weighted by Crippen LogP contribution is 2.32. The zero-order valence-electron chi connectivity index (χ0n) is 14.2. The molecule has 1 heterocycles. The van der Waals surface area contributed by atoms with Crippen LogP contribution in [0.5, 0.6) is 0 Å². The van der Waals surface area contributed by atoms with Crippen LogP contribution in [-0.4, -0.2) is 10.9 Å². The van der Waals surface area contributed by atoms with E-state index in [1.54, 1.807) is 6.20 Å². The highest BCUT2D eigenvalue weighted by atomic mass is 35.5. The summed E-state index contributed by atoms with van der Waals surface area (Å²) >= 11 is 7.43. The molecule has 1 N–H and O–H groups in total. The average Bonchev–Trinajstić information content (AvgIpc) is 2.70. The zero-order valence-corrected chi connectivity index (χ0v) is 15.8. The summed E-state index contributed by atoms with van der Waals surface area (Å²) < 4.78 is 0. The molecule has 0 bridgehead atoms. The summed E-state index contributed by atoms with van der Waals surface area (Å²) in [7, 11) is 0. The highest BCUT2D eigenvalue weighted by Gasteiger charge is 2.13. The number of benzene rings is 3. The summed E-state index contributed by atoms with van der Waals surface area (Å²) in [6.45, 7) is 0. The zero-order chi connectivity index (χ0) is 18.6. The summed E-state index contributed by atoms with van der Waals surface area (Å²) in [4.78, 5) is 18.3. The van der Waals surface area contributed by atoms with Gasteiger partial charge in [-0.2, -0.15) is 0 Å². The van der Waals surface area contributed by atoms with E-state index in [1.165, 1.54) is 11.8 Å². The van der Waals surface area contributed by atoms with E-state index in [0.29, 0.717) is 16.3 Å². The van der Waals surface area contributed by atoms with Gasteiger partial charge in [0.25, 0.3) is 5.91 Å². The summed E-state index contributed by atoms with van der Waals surface area (Å²) in [5, 5.41) is 6.38. The number of pyridine rings is 1. The van der Waals surface area contributed by atoms with Crippen LogP contribution in [0.15, 0.2) is 95.0 Å². The van der Waals surface area contributed by atoms with Gasteiger partial charge in [0.05, 0.1) is 5.69 Å². The van der Waals surface area contributed by atoms with E-state index < -0.39 is 0 Å². The van der Waals surface area contributed by atoms with Gasteiger partial charge in [0.15, 0.2) is 0 Å². The Kier molecular flexibility index (Phi) is 5.10. The van der Waals surface area contributed by atoms with E-state index in [-0.39, 0.29) is 5.91 Å². The van der Waals surface area contributed by atoms with E-state index in [1.807, 2.05) is 78.9 Å². The fraction of sp³-hybridized carbons (Fsp3) is 0. The maximum atomic E-state index is 12.9. The van der Waals surface area contributed by atoms with Gasteiger partial charge in [-0.1, -0.05) is 59.8 Å². The highest BCUT2D eigenvalue weighted by molar-refractivity contribution is 7.99. The smallest absolute Gasteiger partial charge is 0.256 e. The van der Waals surface area contributed by atoms with Gasteiger partial charge in [-0.15, -0.1) is 0 Å². The fourth-order valence-corrected chi connectivity index (χ4v) is 3.76. The third-order valence-corrected chi connectivity index (χ3v) is 5.36. The summed E-state index contributed by atoms with van der Waals surface area (Å²) in [6.07, 6.45) is 1.71. The molecule has 132 valence electrons. The molecule has 0 saturated heterocycles. The fourth-order valence-electron chi connectivity index (χ4n) is 2.79. The quantitative estimate of drug-likeness (QED) is 0.445. The lowest BCUT2D eigenvalue weighted by Crippen LogP contribution is -2.13. The second-order valence-electron chi connectivity index (χ2n) is 5.89. The van der Waals surface area contributed by atoms with Crippen LogP contribution in [0.2, 0.25) is 5.02 Å². The molecular formula is C22H15ClN2OS. The standard InChI is InChI=1S/C22H15ClN2OS/c23-16-10-12-17(13-11-16)27-22-20(9-4-14-24-22)25-21(26)19-8-3-6-15-5-1-2-7-18(15)19/h1-14H,(H,25,26). The average molecular weight is 391 g/mol. The number of fused-ring (bicyclic) bond motifs is 1. The molecule has 3 aromatic carbocycles. The van der Waals surface area contributed by atoms with Crippen molar-refractivity contribution in [3.05, 3.63) is 95.6 Å². The van der Waals surface area contributed by atoms with Crippen molar-refractivity contribution < 1.29 is 4.79 Å². The number of carbonyl (C=O) groups excluding carboxylic acids is 1. The second-order valence-corrected chi connectivity index (χ2v) is 7.39. The Morgan fingerprint density at radius 3 is 2.52 bits per heavy atom. The van der Waals surface area contributed by atoms with Crippen LogP contribution in [0.4, 0.5) is 5.69 Å². The summed E-state index contributed by atoms with van der Waals surface area (Å²) in [6, 6.07) is 24.8. The Balaban J connectivity index is 1.62. The Labute approximate surface area is 166 Å². The Morgan fingerprint density at radius 1 is 0.889 bits per heavy atom. The lowest BCUT2D eigenvalue weighted by atomic mass is 10.0. The number of rotatable bonds is 4. The molecule has 1 aromatic heterocycles. The van der Waals surface area contributed by atoms with Crippen molar-refractivity contribution in [1.82, 2.24) is 4.98 Å². The SMILES string of the molecule is O=C(Nc1cccnc1Sc1ccc(Cl)cc1)c1cccc2ccccc12. The number of aromatic nitrogens is 1. The van der Waals surface area contributed by atoms with E-state index >= 15 is 0 Å². The Morgan fingerprint density at radius 2 is 1.67 bits per heavy atom. The summed E-state index contributed by atoms with van der Waals surface area (Å²) in [5.74, 6) is -0.155. The Bertz CT molecular complexity index is 1110. The molecule has 3 nitrogen and oxygen atoms in total. The van der Waals surface area contributed by atoms with E-state index in [0.717, 1.165) is 20.7 Å². The van der Waals surface area contributed by atoms with E-state index in [4.69, 9.17) is 11.6 Å². The number of carbonyl (C=O) groups is 1. The van der Waals surface area contributed by atoms with Gasteiger partial charge in [0, 0.05) is 21.7 Å². The first-order chi connectivity index (χ1) is 13.2. The first-order valence-electron chi connectivity index (χ1n) is 8.38. The molecule has 27 heavy (non-hydrogen) atoms. The molecule has 4 aromatic rings. The molecule has 1 amide bonds. The molecule has 0 radical (unpaired) electrons. The normalized spacial score (nSPS) is 10.7. The lowest BCUT2D eigenvalue weighted by Gasteiger charge is -2.11. The van der Waals surface area contributed by atoms with Crippen molar-refractivity contribution in [2.24, 2.45) is 0 Å². The van der Waals surface area contributed by atoms with Gasteiger partial charge in [-0.05, 0) is 53.2 Å². The third kappa shape index (κ3) is 3.97. The number of nitrogens with zero attached hydrogens (tertiary/aromatic N) is 1. The van der Waals surface area contributed by atoms with Crippen molar-refractivity contribution in [2.45, 2.75) is 9.92 Å². The monoisotopic (exact) mass is 390 g/mol. The first kappa shape index (κ1) is 17.6. The van der Waals surface area contributed by atoms with Crippen LogP contribution in [0.3, 0.4) is 0 Å². The maximum absolute atomic E-state index is 12.9. The Hall–Kier alpha value is -2.82. The number of anilines is 1. The molecule has 0 fully saturated rings. The van der Waals surface area contributed by atoms with Crippen molar-refractivity contribution in [3.63, 3.8) is 0 Å². The molecule has 4 rings (SSSR count). The minimum Gasteiger partial charge on any atom is -0.320 e. The number of hydrogen-bond donors (Lipinski definition) is 1. The largest absolute Gasteiger partial charge is 0.320 e. The second kappa shape index (κ2) is 7.82. The van der Waals surface area contributed by atoms with Gasteiger partial charge >= 0.3 is 0 Å². The molecule has 0 aliphatic rings. The molecule has 0 saturated carbocycles. The van der Waals surface area contributed by atoms with Gasteiger partial charge in [0.1, 0.15) is 5.03 Å². The minimum absolute atomic E-state index is 0.155. The summed E-state index contributed by atoms with van der Waals surface area (Å²) in [5.41, 5.74) is 1.31. The molecule has 5 heteroatoms. The van der Waals surface area contributed by atoms with Crippen molar-refractivity contribution in [2.75, 3.05) is 5.32 Å². The molecule has 0 aliphatic carbocycles. The predicted molar refractivity (Wildman–Crippen MR) is 112 cm³/mol. The topological polar surface area (TPSA) is 42.0 Å². The van der Waals surface area contributed by atoms with Crippen LogP contribution < -0.4 is 5.32 Å². The third-order valence-electron chi connectivity index (χ3n) is 4.08. The van der Waals surface area contributed by atoms with Gasteiger partial charge < -0.3 is 5.32 Å². The molecule has 0 unspecified atom stereocenters. The van der Waals surface area contributed by atoms with Crippen LogP contribution in [-0.2, 0) is 0 Å². The van der Waals surface area contributed by atoms with Crippen molar-refractivity contribution in [1.29, 1.82) is 0 Å².